The number of amides is 1. The first-order valence-corrected chi connectivity index (χ1v) is 4.90. The number of carbonyl (C=O) groups is 1. The van der Waals surface area contributed by atoms with E-state index >= 15 is 0 Å². The van der Waals surface area contributed by atoms with Gasteiger partial charge in [-0.15, -0.1) is 0 Å². The van der Waals surface area contributed by atoms with Gasteiger partial charge in [0.25, 0.3) is 5.91 Å². The van der Waals surface area contributed by atoms with Crippen LogP contribution in [0.4, 0.5) is 0 Å². The smallest absolute Gasteiger partial charge is 0.289 e. The average Bonchev–Trinajstić information content (AvgIpc) is 2.62. The molecule has 0 saturated heterocycles. The monoisotopic (exact) mass is 231 g/mol. The Hall–Kier alpha value is -1.00. The summed E-state index contributed by atoms with van der Waals surface area (Å²) in [7, 11) is 1.61. The summed E-state index contributed by atoms with van der Waals surface area (Å²) in [6, 6.07) is 3.02. The molecule has 0 spiro atoms. The second-order valence-corrected chi connectivity index (χ2v) is 4.31. The molecule has 1 N–H and O–H groups in total. The number of hydrogen-bond acceptors (Lipinski definition) is 3. The van der Waals surface area contributed by atoms with Crippen molar-refractivity contribution in [1.82, 2.24) is 4.90 Å². The number of likely N-dealkylation sites (N-methyl/N-ethyl adjacent to an activating group) is 1. The molecule has 0 fully saturated rings. The van der Waals surface area contributed by atoms with Crippen molar-refractivity contribution < 1.29 is 14.3 Å². The van der Waals surface area contributed by atoms with Crippen LogP contribution < -0.4 is 0 Å². The molecule has 1 amide bonds. The van der Waals surface area contributed by atoms with Crippen LogP contribution in [0.3, 0.4) is 0 Å². The lowest BCUT2D eigenvalue weighted by atomic mass is 10.1. The summed E-state index contributed by atoms with van der Waals surface area (Å²) in [6.45, 7) is 3.40. The Bertz CT molecular complexity index is 359. The van der Waals surface area contributed by atoms with E-state index in [-0.39, 0.29) is 23.5 Å². The van der Waals surface area contributed by atoms with Gasteiger partial charge < -0.3 is 14.4 Å². The molecule has 0 atom stereocenters. The van der Waals surface area contributed by atoms with Gasteiger partial charge in [0.2, 0.25) is 0 Å². The van der Waals surface area contributed by atoms with Crippen LogP contribution in [0.25, 0.3) is 0 Å². The lowest BCUT2D eigenvalue weighted by Crippen LogP contribution is -2.47. The molecule has 1 aromatic rings. The molecular formula is C10H14ClNO3. The van der Waals surface area contributed by atoms with Gasteiger partial charge in [-0.25, -0.2) is 0 Å². The molecule has 0 aromatic carbocycles. The van der Waals surface area contributed by atoms with E-state index in [1.807, 2.05) is 0 Å². The highest BCUT2D eigenvalue weighted by Gasteiger charge is 2.29. The molecule has 84 valence electrons. The standard InChI is InChI=1S/C10H14ClNO3/c1-10(2,6-13)12(3)9(14)7-4-5-8(11)15-7/h4-5,13H,6H2,1-3H3. The fourth-order valence-corrected chi connectivity index (χ4v) is 1.12. The topological polar surface area (TPSA) is 53.7 Å². The summed E-state index contributed by atoms with van der Waals surface area (Å²) in [5.74, 6) is -0.134. The normalized spacial score (nSPS) is 11.5. The van der Waals surface area contributed by atoms with Crippen LogP contribution >= 0.6 is 11.6 Å². The Balaban J connectivity index is 2.86. The summed E-state index contributed by atoms with van der Waals surface area (Å²) >= 11 is 5.57. The van der Waals surface area contributed by atoms with Gasteiger partial charge in [-0.3, -0.25) is 4.79 Å². The van der Waals surface area contributed by atoms with Gasteiger partial charge in [0.15, 0.2) is 11.0 Å². The average molecular weight is 232 g/mol. The predicted octanol–water partition coefficient (Wildman–Crippen LogP) is 1.78. The fraction of sp³-hybridized carbons (Fsp3) is 0.500. The Morgan fingerprint density at radius 1 is 1.60 bits per heavy atom. The van der Waals surface area contributed by atoms with E-state index in [1.165, 1.54) is 17.0 Å². The van der Waals surface area contributed by atoms with E-state index < -0.39 is 5.54 Å². The Morgan fingerprint density at radius 2 is 2.20 bits per heavy atom. The zero-order valence-corrected chi connectivity index (χ0v) is 9.71. The van der Waals surface area contributed by atoms with Crippen LogP contribution in [0.5, 0.6) is 0 Å². The predicted molar refractivity (Wildman–Crippen MR) is 57.0 cm³/mol. The first-order valence-electron chi connectivity index (χ1n) is 4.53. The number of nitrogens with zero attached hydrogens (tertiary/aromatic N) is 1. The second kappa shape index (κ2) is 4.24. The molecule has 0 aliphatic carbocycles. The summed E-state index contributed by atoms with van der Waals surface area (Å²) in [5.41, 5.74) is -0.629. The molecule has 0 saturated carbocycles. The summed E-state index contributed by atoms with van der Waals surface area (Å²) in [6.07, 6.45) is 0. The number of furan rings is 1. The number of aliphatic hydroxyl groups excluding tert-OH is 1. The van der Waals surface area contributed by atoms with E-state index in [0.29, 0.717) is 0 Å². The van der Waals surface area contributed by atoms with Crippen molar-refractivity contribution in [3.63, 3.8) is 0 Å². The van der Waals surface area contributed by atoms with Crippen molar-refractivity contribution in [1.29, 1.82) is 0 Å². The van der Waals surface area contributed by atoms with Crippen LogP contribution in [-0.4, -0.2) is 35.1 Å². The van der Waals surface area contributed by atoms with Crippen molar-refractivity contribution in [3.8, 4) is 0 Å². The second-order valence-electron chi connectivity index (χ2n) is 3.94. The maximum atomic E-state index is 11.8. The van der Waals surface area contributed by atoms with Crippen molar-refractivity contribution in [2.24, 2.45) is 0 Å². The minimum absolute atomic E-state index is 0.121. The molecule has 1 rings (SSSR count). The summed E-state index contributed by atoms with van der Waals surface area (Å²) < 4.78 is 5.00. The Kier molecular flexibility index (Phi) is 3.42. The first-order chi connectivity index (χ1) is 6.88. The molecule has 0 bridgehead atoms. The van der Waals surface area contributed by atoms with Crippen molar-refractivity contribution >= 4 is 17.5 Å². The third-order valence-electron chi connectivity index (χ3n) is 2.38. The molecule has 0 aliphatic heterocycles. The van der Waals surface area contributed by atoms with Crippen LogP contribution in [0.15, 0.2) is 16.5 Å². The first kappa shape index (κ1) is 12.1. The van der Waals surface area contributed by atoms with Gasteiger partial charge in [0.05, 0.1) is 12.1 Å². The van der Waals surface area contributed by atoms with Gasteiger partial charge in [-0.05, 0) is 37.6 Å². The van der Waals surface area contributed by atoms with Crippen LogP contribution in [0.2, 0.25) is 5.22 Å². The van der Waals surface area contributed by atoms with E-state index in [4.69, 9.17) is 21.1 Å². The lowest BCUT2D eigenvalue weighted by molar-refractivity contribution is 0.0444. The molecule has 15 heavy (non-hydrogen) atoms. The maximum Gasteiger partial charge on any atom is 0.289 e. The summed E-state index contributed by atoms with van der Waals surface area (Å²) in [4.78, 5) is 13.2. The van der Waals surface area contributed by atoms with E-state index in [2.05, 4.69) is 0 Å². The SMILES string of the molecule is CN(C(=O)c1ccc(Cl)o1)C(C)(C)CO. The molecule has 1 aromatic heterocycles. The highest BCUT2D eigenvalue weighted by molar-refractivity contribution is 6.29. The molecule has 0 aliphatic rings. The number of aliphatic hydroxyl groups is 1. The third-order valence-corrected chi connectivity index (χ3v) is 2.59. The van der Waals surface area contributed by atoms with Crippen LogP contribution in [-0.2, 0) is 0 Å². The number of halogens is 1. The van der Waals surface area contributed by atoms with Crippen molar-refractivity contribution in [2.75, 3.05) is 13.7 Å². The molecule has 5 heteroatoms. The minimum atomic E-state index is -0.629. The Morgan fingerprint density at radius 3 is 2.60 bits per heavy atom. The van der Waals surface area contributed by atoms with E-state index in [1.54, 1.807) is 20.9 Å². The zero-order chi connectivity index (χ0) is 11.6. The van der Waals surface area contributed by atoms with E-state index in [0.717, 1.165) is 0 Å². The van der Waals surface area contributed by atoms with E-state index in [9.17, 15) is 4.79 Å². The van der Waals surface area contributed by atoms with Gasteiger partial charge in [0, 0.05) is 7.05 Å². The van der Waals surface area contributed by atoms with Crippen LogP contribution in [0.1, 0.15) is 24.4 Å². The zero-order valence-electron chi connectivity index (χ0n) is 8.95. The van der Waals surface area contributed by atoms with Gasteiger partial charge in [-0.1, -0.05) is 0 Å². The molecule has 0 unspecified atom stereocenters. The van der Waals surface area contributed by atoms with Gasteiger partial charge in [-0.2, -0.15) is 0 Å². The van der Waals surface area contributed by atoms with Gasteiger partial charge in [0.1, 0.15) is 0 Å². The largest absolute Gasteiger partial charge is 0.440 e. The molecular weight excluding hydrogens is 218 g/mol. The third kappa shape index (κ3) is 2.52. The lowest BCUT2D eigenvalue weighted by Gasteiger charge is -2.33. The number of rotatable bonds is 3. The fourth-order valence-electron chi connectivity index (χ4n) is 0.975. The molecule has 4 nitrogen and oxygen atoms in total. The van der Waals surface area contributed by atoms with Crippen molar-refractivity contribution in [2.45, 2.75) is 19.4 Å². The van der Waals surface area contributed by atoms with Gasteiger partial charge >= 0.3 is 0 Å². The quantitative estimate of drug-likeness (QED) is 0.863. The van der Waals surface area contributed by atoms with Crippen molar-refractivity contribution in [3.05, 3.63) is 23.1 Å². The number of hydrogen-bond donors (Lipinski definition) is 1. The van der Waals surface area contributed by atoms with Crippen LogP contribution in [0, 0.1) is 0 Å². The minimum Gasteiger partial charge on any atom is -0.440 e. The molecule has 1 heterocycles. The number of carbonyl (C=O) groups excluding carboxylic acids is 1. The highest BCUT2D eigenvalue weighted by atomic mass is 35.5. The maximum absolute atomic E-state index is 11.8. The Labute approximate surface area is 93.4 Å². The highest BCUT2D eigenvalue weighted by Crippen LogP contribution is 2.19. The molecule has 0 radical (unpaired) electrons. The summed E-state index contributed by atoms with van der Waals surface area (Å²) in [5, 5.41) is 9.29.